The van der Waals surface area contributed by atoms with Crippen LogP contribution in [0.5, 0.6) is 5.75 Å². The normalized spacial score (nSPS) is 10.1. The first-order chi connectivity index (χ1) is 12.8. The van der Waals surface area contributed by atoms with Crippen LogP contribution in [0.3, 0.4) is 0 Å². The third-order valence-corrected chi connectivity index (χ3v) is 4.20. The fourth-order valence-corrected chi connectivity index (χ4v) is 2.82. The first-order valence-electron chi connectivity index (χ1n) is 7.50. The average molecular weight is 447 g/mol. The van der Waals surface area contributed by atoms with E-state index in [1.807, 2.05) is 6.92 Å². The number of carbonyl (C=O) groups is 2. The number of carbonyl (C=O) groups excluding carboxylic acids is 2. The minimum absolute atomic E-state index is 0.109. The van der Waals surface area contributed by atoms with Crippen LogP contribution in [0.2, 0.25) is 15.1 Å². The molecule has 2 rings (SSSR count). The fourth-order valence-electron chi connectivity index (χ4n) is 1.96. The Labute approximate surface area is 176 Å². The van der Waals surface area contributed by atoms with Crippen LogP contribution in [0, 0.1) is 6.92 Å². The van der Waals surface area contributed by atoms with Gasteiger partial charge in [-0.1, -0.05) is 34.8 Å². The van der Waals surface area contributed by atoms with Gasteiger partial charge >= 0.3 is 0 Å². The number of hydrogen-bond donors (Lipinski definition) is 3. The number of rotatable bonds is 4. The van der Waals surface area contributed by atoms with Crippen LogP contribution in [0.1, 0.15) is 15.9 Å². The summed E-state index contributed by atoms with van der Waals surface area (Å²) in [6.07, 6.45) is 0. The Bertz CT molecular complexity index is 893. The average Bonchev–Trinajstić information content (AvgIpc) is 2.59. The number of amides is 2. The van der Waals surface area contributed by atoms with E-state index >= 15 is 0 Å². The highest BCUT2D eigenvalue weighted by molar-refractivity contribution is 7.80. The van der Waals surface area contributed by atoms with Crippen molar-refractivity contribution in [3.8, 4) is 5.75 Å². The summed E-state index contributed by atoms with van der Waals surface area (Å²) in [4.78, 5) is 23.9. The molecule has 0 aromatic heterocycles. The molecular weight excluding hydrogens is 433 g/mol. The number of benzene rings is 2. The van der Waals surface area contributed by atoms with Crippen molar-refractivity contribution in [3.63, 3.8) is 0 Å². The van der Waals surface area contributed by atoms with E-state index in [0.29, 0.717) is 15.8 Å². The van der Waals surface area contributed by atoms with E-state index in [4.69, 9.17) is 51.8 Å². The minimum Gasteiger partial charge on any atom is -0.483 e. The number of aryl methyl sites for hydroxylation is 1. The van der Waals surface area contributed by atoms with Gasteiger partial charge in [-0.15, -0.1) is 0 Å². The summed E-state index contributed by atoms with van der Waals surface area (Å²) >= 11 is 22.5. The maximum absolute atomic E-state index is 12.1. The van der Waals surface area contributed by atoms with E-state index in [1.165, 1.54) is 18.2 Å². The lowest BCUT2D eigenvalue weighted by Gasteiger charge is -2.12. The maximum atomic E-state index is 12.1. The Hall–Kier alpha value is -2.06. The zero-order chi connectivity index (χ0) is 20.0. The molecule has 2 amide bonds. The van der Waals surface area contributed by atoms with Crippen LogP contribution in [0.15, 0.2) is 36.4 Å². The van der Waals surface area contributed by atoms with Crippen molar-refractivity contribution >= 4 is 63.9 Å². The molecule has 0 heterocycles. The molecule has 0 aliphatic rings. The van der Waals surface area contributed by atoms with E-state index in [1.54, 1.807) is 18.2 Å². The van der Waals surface area contributed by atoms with Crippen molar-refractivity contribution < 1.29 is 14.3 Å². The lowest BCUT2D eigenvalue weighted by Crippen LogP contribution is -2.49. The second-order valence-corrected chi connectivity index (χ2v) is 6.97. The van der Waals surface area contributed by atoms with Crippen molar-refractivity contribution in [1.29, 1.82) is 0 Å². The predicted octanol–water partition coefficient (Wildman–Crippen LogP) is 3.67. The maximum Gasteiger partial charge on any atom is 0.276 e. The topological polar surface area (TPSA) is 79.5 Å². The largest absolute Gasteiger partial charge is 0.483 e. The Morgan fingerprint density at radius 1 is 1.04 bits per heavy atom. The summed E-state index contributed by atoms with van der Waals surface area (Å²) in [7, 11) is 0. The summed E-state index contributed by atoms with van der Waals surface area (Å²) in [5.74, 6) is -0.510. The summed E-state index contributed by atoms with van der Waals surface area (Å²) in [5, 5.41) is 3.43. The molecule has 0 atom stereocenters. The standard InChI is InChI=1S/C17H14Cl3N3O3S/c1-9-6-10(18)3-5-14(9)26-8-15(24)22-23-17(27)21-16(25)12-4-2-11(19)7-13(12)20/h2-7H,8H2,1H3,(H,22,24)(H2,21,23,25,27). The highest BCUT2D eigenvalue weighted by Gasteiger charge is 2.13. The third kappa shape index (κ3) is 6.55. The van der Waals surface area contributed by atoms with Gasteiger partial charge in [-0.05, 0) is 61.1 Å². The van der Waals surface area contributed by atoms with E-state index in [9.17, 15) is 9.59 Å². The van der Waals surface area contributed by atoms with Gasteiger partial charge in [0.1, 0.15) is 5.75 Å². The lowest BCUT2D eigenvalue weighted by molar-refractivity contribution is -0.123. The molecule has 0 spiro atoms. The Morgan fingerprint density at radius 2 is 1.70 bits per heavy atom. The zero-order valence-corrected chi connectivity index (χ0v) is 17.0. The lowest BCUT2D eigenvalue weighted by atomic mass is 10.2. The molecule has 3 N–H and O–H groups in total. The number of hydrogen-bond acceptors (Lipinski definition) is 4. The fraction of sp³-hybridized carbons (Fsp3) is 0.118. The molecule has 0 radical (unpaired) electrons. The third-order valence-electron chi connectivity index (χ3n) is 3.21. The van der Waals surface area contributed by atoms with Crippen LogP contribution < -0.4 is 20.9 Å². The molecule has 0 saturated carbocycles. The number of nitrogens with one attached hydrogen (secondary N) is 3. The molecule has 0 saturated heterocycles. The molecule has 2 aromatic carbocycles. The van der Waals surface area contributed by atoms with Crippen molar-refractivity contribution in [2.24, 2.45) is 0 Å². The van der Waals surface area contributed by atoms with E-state index < -0.39 is 11.8 Å². The number of halogens is 3. The SMILES string of the molecule is Cc1cc(Cl)ccc1OCC(=O)NNC(=S)NC(=O)c1ccc(Cl)cc1Cl. The van der Waals surface area contributed by atoms with Gasteiger partial charge in [0.2, 0.25) is 0 Å². The Kier molecular flexibility index (Phi) is 7.67. The van der Waals surface area contributed by atoms with E-state index in [2.05, 4.69) is 16.2 Å². The van der Waals surface area contributed by atoms with Crippen molar-refractivity contribution in [1.82, 2.24) is 16.2 Å². The summed E-state index contributed by atoms with van der Waals surface area (Å²) in [6, 6.07) is 9.47. The van der Waals surface area contributed by atoms with Gasteiger partial charge in [0.15, 0.2) is 11.7 Å². The highest BCUT2D eigenvalue weighted by Crippen LogP contribution is 2.22. The van der Waals surface area contributed by atoms with Gasteiger partial charge in [0.05, 0.1) is 10.6 Å². The second-order valence-electron chi connectivity index (χ2n) is 5.28. The van der Waals surface area contributed by atoms with Crippen LogP contribution in [-0.2, 0) is 4.79 Å². The summed E-state index contributed by atoms with van der Waals surface area (Å²) in [5.41, 5.74) is 5.71. The van der Waals surface area contributed by atoms with Crippen molar-refractivity contribution in [2.45, 2.75) is 6.92 Å². The van der Waals surface area contributed by atoms with Gasteiger partial charge in [0.25, 0.3) is 11.8 Å². The van der Waals surface area contributed by atoms with E-state index in [-0.39, 0.29) is 22.3 Å². The monoisotopic (exact) mass is 445 g/mol. The molecule has 0 aliphatic carbocycles. The molecule has 6 nitrogen and oxygen atoms in total. The molecule has 2 aromatic rings. The van der Waals surface area contributed by atoms with Crippen molar-refractivity contribution in [2.75, 3.05) is 6.61 Å². The first kappa shape index (κ1) is 21.2. The molecule has 0 bridgehead atoms. The van der Waals surface area contributed by atoms with Crippen molar-refractivity contribution in [3.05, 3.63) is 62.6 Å². The second kappa shape index (κ2) is 9.75. The molecule has 0 fully saturated rings. The Balaban J connectivity index is 1.79. The molecule has 0 unspecified atom stereocenters. The van der Waals surface area contributed by atoms with Gasteiger partial charge < -0.3 is 4.74 Å². The molecule has 142 valence electrons. The van der Waals surface area contributed by atoms with Gasteiger partial charge in [0, 0.05) is 10.0 Å². The van der Waals surface area contributed by atoms with E-state index in [0.717, 1.165) is 5.56 Å². The number of hydrazine groups is 1. The summed E-state index contributed by atoms with van der Waals surface area (Å²) in [6.45, 7) is 1.55. The zero-order valence-electron chi connectivity index (χ0n) is 13.9. The first-order valence-corrected chi connectivity index (χ1v) is 9.04. The molecule has 10 heteroatoms. The molecular formula is C17H14Cl3N3O3S. The van der Waals surface area contributed by atoms with Gasteiger partial charge in [-0.3, -0.25) is 25.8 Å². The quantitative estimate of drug-likeness (QED) is 0.493. The van der Waals surface area contributed by atoms with Crippen LogP contribution in [-0.4, -0.2) is 23.5 Å². The van der Waals surface area contributed by atoms with Gasteiger partial charge in [-0.25, -0.2) is 0 Å². The molecule has 27 heavy (non-hydrogen) atoms. The number of thiocarbonyl (C=S) groups is 1. The Morgan fingerprint density at radius 3 is 2.37 bits per heavy atom. The smallest absolute Gasteiger partial charge is 0.276 e. The van der Waals surface area contributed by atoms with Crippen LogP contribution >= 0.6 is 47.0 Å². The minimum atomic E-state index is -0.545. The predicted molar refractivity (Wildman–Crippen MR) is 109 cm³/mol. The molecule has 0 aliphatic heterocycles. The van der Waals surface area contributed by atoms with Crippen LogP contribution in [0.25, 0.3) is 0 Å². The van der Waals surface area contributed by atoms with Crippen LogP contribution in [0.4, 0.5) is 0 Å². The highest BCUT2D eigenvalue weighted by atomic mass is 35.5. The van der Waals surface area contributed by atoms with Gasteiger partial charge in [-0.2, -0.15) is 0 Å². The summed E-state index contributed by atoms with van der Waals surface area (Å²) < 4.78 is 5.39. The number of ether oxygens (including phenoxy) is 1.